The highest BCUT2D eigenvalue weighted by Gasteiger charge is 2.20. The van der Waals surface area contributed by atoms with Gasteiger partial charge in [0.15, 0.2) is 0 Å². The zero-order valence-corrected chi connectivity index (χ0v) is 13.7. The lowest BCUT2D eigenvalue weighted by Crippen LogP contribution is -2.12. The number of aryl methyl sites for hydroxylation is 1. The molecule has 2 aromatic rings. The first kappa shape index (κ1) is 16.1. The van der Waals surface area contributed by atoms with Crippen LogP contribution in [-0.2, 0) is 10.0 Å². The number of sulfonamides is 1. The maximum absolute atomic E-state index is 12.2. The highest BCUT2D eigenvalue weighted by atomic mass is 35.5. The first-order valence-corrected chi connectivity index (χ1v) is 8.58. The molecule has 21 heavy (non-hydrogen) atoms. The van der Waals surface area contributed by atoms with Gasteiger partial charge in [0, 0.05) is 4.88 Å². The molecule has 0 bridgehead atoms. The van der Waals surface area contributed by atoms with E-state index in [0.717, 1.165) is 28.3 Å². The second kappa shape index (κ2) is 5.84. The Morgan fingerprint density at radius 3 is 2.24 bits per heavy atom. The van der Waals surface area contributed by atoms with Crippen molar-refractivity contribution < 1.29 is 18.3 Å². The minimum atomic E-state index is -3.82. The molecule has 0 aliphatic heterocycles. The monoisotopic (exact) mass is 365 g/mol. The van der Waals surface area contributed by atoms with E-state index in [2.05, 4.69) is 4.72 Å². The predicted molar refractivity (Wildman–Crippen MR) is 83.3 cm³/mol. The quantitative estimate of drug-likeness (QED) is 0.861. The van der Waals surface area contributed by atoms with Crippen LogP contribution in [0, 0.1) is 6.92 Å². The zero-order valence-electron chi connectivity index (χ0n) is 10.6. The zero-order chi connectivity index (χ0) is 15.8. The topological polar surface area (TPSA) is 83.5 Å². The van der Waals surface area contributed by atoms with Gasteiger partial charge >= 0.3 is 5.97 Å². The summed E-state index contributed by atoms with van der Waals surface area (Å²) < 4.78 is 26.8. The van der Waals surface area contributed by atoms with E-state index in [4.69, 9.17) is 28.3 Å². The van der Waals surface area contributed by atoms with Crippen LogP contribution in [0.5, 0.6) is 0 Å². The Morgan fingerprint density at radius 1 is 1.24 bits per heavy atom. The number of anilines is 1. The Morgan fingerprint density at radius 2 is 1.81 bits per heavy atom. The lowest BCUT2D eigenvalue weighted by atomic mass is 10.2. The summed E-state index contributed by atoms with van der Waals surface area (Å²) in [5.41, 5.74) is -0.172. The molecule has 1 heterocycles. The number of thiophene rings is 1. The summed E-state index contributed by atoms with van der Waals surface area (Å²) in [6.07, 6.45) is 0. The van der Waals surface area contributed by atoms with E-state index >= 15 is 0 Å². The number of hydrogen-bond donors (Lipinski definition) is 2. The molecule has 0 atom stereocenters. The molecule has 9 heteroatoms. The molecule has 0 aliphatic carbocycles. The molecular weight excluding hydrogens is 357 g/mol. The van der Waals surface area contributed by atoms with Gasteiger partial charge in [0.1, 0.15) is 4.21 Å². The standard InChI is InChI=1S/C12H9Cl2NO4S2/c1-6-2-3-10(20-6)21(18,19)15-11-8(13)4-7(12(16)17)5-9(11)14/h2-5,15H,1H3,(H,16,17). The van der Waals surface area contributed by atoms with Crippen LogP contribution in [0.4, 0.5) is 5.69 Å². The second-order valence-corrected chi connectivity index (χ2v) is 8.10. The average molecular weight is 366 g/mol. The molecule has 0 aliphatic rings. The van der Waals surface area contributed by atoms with E-state index < -0.39 is 16.0 Å². The van der Waals surface area contributed by atoms with Crippen LogP contribution in [0.25, 0.3) is 0 Å². The van der Waals surface area contributed by atoms with Crippen molar-refractivity contribution in [3.05, 3.63) is 44.8 Å². The first-order valence-electron chi connectivity index (χ1n) is 5.52. The third-order valence-corrected chi connectivity index (χ3v) is 5.94. The smallest absolute Gasteiger partial charge is 0.335 e. The van der Waals surface area contributed by atoms with Crippen molar-refractivity contribution in [1.29, 1.82) is 0 Å². The fourth-order valence-electron chi connectivity index (χ4n) is 1.54. The molecule has 0 unspecified atom stereocenters. The van der Waals surface area contributed by atoms with Gasteiger partial charge in [-0.05, 0) is 31.2 Å². The van der Waals surface area contributed by atoms with E-state index in [9.17, 15) is 13.2 Å². The van der Waals surface area contributed by atoms with Crippen LogP contribution < -0.4 is 4.72 Å². The van der Waals surface area contributed by atoms with E-state index in [0.29, 0.717) is 0 Å². The maximum atomic E-state index is 12.2. The van der Waals surface area contributed by atoms with E-state index in [1.807, 2.05) is 0 Å². The molecule has 0 amide bonds. The Kier molecular flexibility index (Phi) is 4.48. The highest BCUT2D eigenvalue weighted by Crippen LogP contribution is 2.34. The summed E-state index contributed by atoms with van der Waals surface area (Å²) in [6, 6.07) is 5.41. The lowest BCUT2D eigenvalue weighted by Gasteiger charge is -2.11. The van der Waals surface area contributed by atoms with Gasteiger partial charge in [-0.3, -0.25) is 4.72 Å². The molecule has 2 rings (SSSR count). The molecule has 112 valence electrons. The van der Waals surface area contributed by atoms with Gasteiger partial charge in [0.05, 0.1) is 21.3 Å². The number of aromatic carboxylic acids is 1. The summed E-state index contributed by atoms with van der Waals surface area (Å²) in [7, 11) is -3.82. The van der Waals surface area contributed by atoms with Gasteiger partial charge in [0.2, 0.25) is 0 Å². The fraction of sp³-hybridized carbons (Fsp3) is 0.0833. The Bertz CT molecular complexity index is 791. The lowest BCUT2D eigenvalue weighted by molar-refractivity contribution is 0.0697. The number of carboxylic acid groups (broad SMARTS) is 1. The number of benzene rings is 1. The summed E-state index contributed by atoms with van der Waals surface area (Å²) in [5.74, 6) is -1.21. The fourth-order valence-corrected chi connectivity index (χ4v) is 4.61. The second-order valence-electron chi connectivity index (χ2n) is 4.09. The molecule has 0 saturated heterocycles. The highest BCUT2D eigenvalue weighted by molar-refractivity contribution is 7.94. The van der Waals surface area contributed by atoms with Crippen LogP contribution in [0.2, 0.25) is 10.0 Å². The Balaban J connectivity index is 2.42. The molecule has 1 aromatic carbocycles. The molecule has 0 saturated carbocycles. The minimum absolute atomic E-state index is 0.0469. The van der Waals surface area contributed by atoms with Gasteiger partial charge < -0.3 is 5.11 Å². The number of halogens is 2. The van der Waals surface area contributed by atoms with Crippen LogP contribution in [-0.4, -0.2) is 19.5 Å². The molecule has 0 spiro atoms. The number of carboxylic acids is 1. The third-order valence-electron chi connectivity index (χ3n) is 2.51. The molecule has 2 N–H and O–H groups in total. The van der Waals surface area contributed by atoms with Crippen molar-refractivity contribution in [3.63, 3.8) is 0 Å². The SMILES string of the molecule is Cc1ccc(S(=O)(=O)Nc2c(Cl)cc(C(=O)O)cc2Cl)s1. The van der Waals surface area contributed by atoms with E-state index in [1.165, 1.54) is 6.07 Å². The normalized spacial score (nSPS) is 11.4. The average Bonchev–Trinajstić information content (AvgIpc) is 2.81. The molecule has 1 aromatic heterocycles. The van der Waals surface area contributed by atoms with Gasteiger partial charge in [-0.2, -0.15) is 0 Å². The van der Waals surface area contributed by atoms with Gasteiger partial charge in [-0.15, -0.1) is 11.3 Å². The third kappa shape index (κ3) is 3.49. The number of nitrogens with one attached hydrogen (secondary N) is 1. The number of hydrogen-bond acceptors (Lipinski definition) is 4. The first-order chi connectivity index (χ1) is 9.70. The summed E-state index contributed by atoms with van der Waals surface area (Å²) in [6.45, 7) is 1.78. The largest absolute Gasteiger partial charge is 0.478 e. The molecule has 0 fully saturated rings. The Hall–Kier alpha value is -1.28. The van der Waals surface area contributed by atoms with Gasteiger partial charge in [-0.25, -0.2) is 13.2 Å². The molecule has 0 radical (unpaired) electrons. The van der Waals surface area contributed by atoms with Crippen molar-refractivity contribution in [2.24, 2.45) is 0 Å². The van der Waals surface area contributed by atoms with Crippen molar-refractivity contribution in [1.82, 2.24) is 0 Å². The summed E-state index contributed by atoms with van der Waals surface area (Å²) in [4.78, 5) is 11.7. The summed E-state index contributed by atoms with van der Waals surface area (Å²) >= 11 is 12.9. The van der Waals surface area contributed by atoms with E-state index in [1.54, 1.807) is 13.0 Å². The van der Waals surface area contributed by atoms with Crippen LogP contribution >= 0.6 is 34.5 Å². The van der Waals surface area contributed by atoms with Crippen LogP contribution in [0.15, 0.2) is 28.5 Å². The molecular formula is C12H9Cl2NO4S2. The maximum Gasteiger partial charge on any atom is 0.335 e. The van der Waals surface area contributed by atoms with Crippen molar-refractivity contribution in [2.45, 2.75) is 11.1 Å². The van der Waals surface area contributed by atoms with Crippen molar-refractivity contribution in [2.75, 3.05) is 4.72 Å². The number of carbonyl (C=O) groups is 1. The van der Waals surface area contributed by atoms with E-state index in [-0.39, 0.29) is 25.5 Å². The van der Waals surface area contributed by atoms with Crippen LogP contribution in [0.3, 0.4) is 0 Å². The number of rotatable bonds is 4. The van der Waals surface area contributed by atoms with Crippen molar-refractivity contribution in [3.8, 4) is 0 Å². The predicted octanol–water partition coefficient (Wildman–Crippen LogP) is 3.86. The minimum Gasteiger partial charge on any atom is -0.478 e. The Labute approximate surface area is 135 Å². The van der Waals surface area contributed by atoms with Gasteiger partial charge in [-0.1, -0.05) is 23.2 Å². The van der Waals surface area contributed by atoms with Gasteiger partial charge in [0.25, 0.3) is 10.0 Å². The van der Waals surface area contributed by atoms with Crippen LogP contribution in [0.1, 0.15) is 15.2 Å². The summed E-state index contributed by atoms with van der Waals surface area (Å²) in [5, 5.41) is 8.71. The molecule has 5 nitrogen and oxygen atoms in total. The van der Waals surface area contributed by atoms with Crippen molar-refractivity contribution >= 4 is 56.2 Å².